The minimum Gasteiger partial charge on any atom is -0.328 e. The van der Waals surface area contributed by atoms with Crippen LogP contribution in [-0.4, -0.2) is 18.5 Å². The molecule has 0 spiro atoms. The van der Waals surface area contributed by atoms with Crippen molar-refractivity contribution in [3.8, 4) is 0 Å². The van der Waals surface area contributed by atoms with Crippen LogP contribution in [-0.2, 0) is 0 Å². The minimum atomic E-state index is 0.347. The van der Waals surface area contributed by atoms with Crippen molar-refractivity contribution < 1.29 is 0 Å². The third-order valence-electron chi connectivity index (χ3n) is 4.30. The molecule has 2 rings (SSSR count). The maximum Gasteiger partial charge on any atom is 0.0650 e. The second kappa shape index (κ2) is 7.53. The van der Waals surface area contributed by atoms with Crippen molar-refractivity contribution in [1.29, 1.82) is 5.41 Å². The number of hydrogen-bond donors (Lipinski definition) is 2. The minimum absolute atomic E-state index is 0.347. The summed E-state index contributed by atoms with van der Waals surface area (Å²) in [6.45, 7) is 2.23. The van der Waals surface area contributed by atoms with E-state index in [1.165, 1.54) is 23.8 Å². The topological polar surface area (TPSA) is 62.2 Å². The molecule has 0 amide bonds. The van der Waals surface area contributed by atoms with Crippen molar-refractivity contribution in [3.05, 3.63) is 22.9 Å². The molecule has 0 bridgehead atoms. The van der Waals surface area contributed by atoms with Gasteiger partial charge in [-0.05, 0) is 68.2 Å². The van der Waals surface area contributed by atoms with E-state index in [4.69, 9.17) is 16.1 Å². The molecule has 3 N–H and O–H groups in total. The average molecular weight is 273 g/mol. The maximum absolute atomic E-state index is 7.42. The first-order valence-corrected chi connectivity index (χ1v) is 7.91. The summed E-state index contributed by atoms with van der Waals surface area (Å²) in [4.78, 5) is 4.80. The molecule has 0 aromatic heterocycles. The first kappa shape index (κ1) is 15.2. The van der Waals surface area contributed by atoms with Crippen LogP contribution in [0.1, 0.15) is 58.3 Å². The van der Waals surface area contributed by atoms with E-state index in [1.807, 2.05) is 0 Å². The quantitative estimate of drug-likeness (QED) is 0.579. The summed E-state index contributed by atoms with van der Waals surface area (Å²) in [5.41, 5.74) is 9.95. The van der Waals surface area contributed by atoms with Crippen LogP contribution in [0.3, 0.4) is 0 Å². The Labute approximate surface area is 122 Å². The van der Waals surface area contributed by atoms with Crippen molar-refractivity contribution in [3.63, 3.8) is 0 Å². The smallest absolute Gasteiger partial charge is 0.0650 e. The van der Waals surface area contributed by atoms with Gasteiger partial charge in [-0.25, -0.2) is 0 Å². The lowest BCUT2D eigenvalue weighted by atomic mass is 9.95. The molecule has 2 aliphatic rings. The lowest BCUT2D eigenvalue weighted by molar-refractivity contribution is 0.585. The molecular weight excluding hydrogens is 246 g/mol. The molecule has 0 radical (unpaired) electrons. The molecule has 0 aromatic rings. The fourth-order valence-electron chi connectivity index (χ4n) is 3.03. The molecule has 1 heterocycles. The number of aliphatic imine (C=N–C) groups is 1. The summed E-state index contributed by atoms with van der Waals surface area (Å²) in [5.74, 6) is 0.538. The van der Waals surface area contributed by atoms with Crippen molar-refractivity contribution in [2.75, 3.05) is 0 Å². The normalized spacial score (nSPS) is 34.6. The van der Waals surface area contributed by atoms with Crippen LogP contribution in [0.25, 0.3) is 0 Å². The van der Waals surface area contributed by atoms with Crippen LogP contribution >= 0.6 is 0 Å². The number of nitrogens with zero attached hydrogens (tertiary/aromatic N) is 1. The maximum atomic E-state index is 7.42. The largest absolute Gasteiger partial charge is 0.328 e. The number of rotatable bonds is 2. The Bertz CT molecular complexity index is 432. The van der Waals surface area contributed by atoms with Crippen LogP contribution in [0.5, 0.6) is 0 Å². The van der Waals surface area contributed by atoms with Gasteiger partial charge in [0.05, 0.1) is 5.70 Å². The first-order chi connectivity index (χ1) is 9.70. The lowest BCUT2D eigenvalue weighted by Gasteiger charge is -2.16. The first-order valence-electron chi connectivity index (χ1n) is 7.91. The SMILES string of the molecule is CC1C=NC(=C2\CCCC(N)CC2)/C(CC=N)=C\CC1. The highest BCUT2D eigenvalue weighted by Gasteiger charge is 2.17. The number of allylic oxidation sites excluding steroid dienone is 3. The summed E-state index contributed by atoms with van der Waals surface area (Å²) in [7, 11) is 0. The highest BCUT2D eigenvalue weighted by Crippen LogP contribution is 2.31. The average Bonchev–Trinajstić information content (AvgIpc) is 2.62. The second-order valence-corrected chi connectivity index (χ2v) is 6.11. The van der Waals surface area contributed by atoms with Crippen LogP contribution in [0.2, 0.25) is 0 Å². The molecule has 3 heteroatoms. The van der Waals surface area contributed by atoms with E-state index in [2.05, 4.69) is 19.2 Å². The van der Waals surface area contributed by atoms with Gasteiger partial charge in [0.25, 0.3) is 0 Å². The van der Waals surface area contributed by atoms with Gasteiger partial charge in [-0.15, -0.1) is 0 Å². The van der Waals surface area contributed by atoms with Crippen molar-refractivity contribution in [2.45, 2.75) is 64.3 Å². The summed E-state index contributed by atoms with van der Waals surface area (Å²) < 4.78 is 0. The van der Waals surface area contributed by atoms with E-state index in [1.54, 1.807) is 0 Å². The predicted molar refractivity (Wildman–Crippen MR) is 86.5 cm³/mol. The Morgan fingerprint density at radius 1 is 1.35 bits per heavy atom. The van der Waals surface area contributed by atoms with Crippen molar-refractivity contribution in [1.82, 2.24) is 0 Å². The molecule has 1 aliphatic carbocycles. The highest BCUT2D eigenvalue weighted by molar-refractivity contribution is 5.66. The summed E-state index contributed by atoms with van der Waals surface area (Å²) in [5, 5.41) is 7.42. The zero-order valence-electron chi connectivity index (χ0n) is 12.6. The Hall–Kier alpha value is -1.22. The molecule has 2 unspecified atom stereocenters. The van der Waals surface area contributed by atoms with E-state index >= 15 is 0 Å². The number of nitrogens with two attached hydrogens (primary N) is 1. The molecule has 1 saturated carbocycles. The molecule has 2 atom stereocenters. The van der Waals surface area contributed by atoms with Crippen LogP contribution < -0.4 is 5.73 Å². The molecule has 20 heavy (non-hydrogen) atoms. The van der Waals surface area contributed by atoms with Gasteiger partial charge >= 0.3 is 0 Å². The van der Waals surface area contributed by atoms with Crippen LogP contribution in [0.4, 0.5) is 0 Å². The zero-order chi connectivity index (χ0) is 14.4. The van der Waals surface area contributed by atoms with Gasteiger partial charge in [0.2, 0.25) is 0 Å². The fraction of sp³-hybridized carbons (Fsp3) is 0.647. The highest BCUT2D eigenvalue weighted by atomic mass is 14.7. The van der Waals surface area contributed by atoms with Gasteiger partial charge in [0.15, 0.2) is 0 Å². The molecule has 0 aromatic carbocycles. The lowest BCUT2D eigenvalue weighted by Crippen LogP contribution is -2.17. The third-order valence-corrected chi connectivity index (χ3v) is 4.30. The van der Waals surface area contributed by atoms with Gasteiger partial charge in [0, 0.05) is 18.7 Å². The van der Waals surface area contributed by atoms with Gasteiger partial charge in [-0.2, -0.15) is 0 Å². The fourth-order valence-corrected chi connectivity index (χ4v) is 3.03. The molecule has 110 valence electrons. The third kappa shape index (κ3) is 4.14. The van der Waals surface area contributed by atoms with E-state index in [0.29, 0.717) is 18.4 Å². The van der Waals surface area contributed by atoms with Gasteiger partial charge in [0.1, 0.15) is 0 Å². The second-order valence-electron chi connectivity index (χ2n) is 6.11. The van der Waals surface area contributed by atoms with E-state index in [-0.39, 0.29) is 0 Å². The van der Waals surface area contributed by atoms with Crippen molar-refractivity contribution in [2.24, 2.45) is 16.6 Å². The number of nitrogens with one attached hydrogen (secondary N) is 1. The van der Waals surface area contributed by atoms with E-state index in [9.17, 15) is 0 Å². The van der Waals surface area contributed by atoms with Gasteiger partial charge < -0.3 is 11.1 Å². The summed E-state index contributed by atoms with van der Waals surface area (Å²) in [6.07, 6.45) is 14.4. The van der Waals surface area contributed by atoms with Crippen molar-refractivity contribution >= 4 is 12.4 Å². The Morgan fingerprint density at radius 2 is 2.20 bits per heavy atom. The molecule has 3 nitrogen and oxygen atoms in total. The Kier molecular flexibility index (Phi) is 5.72. The molecule has 0 saturated heterocycles. The predicted octanol–water partition coefficient (Wildman–Crippen LogP) is 4.00. The Balaban J connectivity index is 2.31. The molecule has 1 fully saturated rings. The van der Waals surface area contributed by atoms with Gasteiger partial charge in [-0.1, -0.05) is 13.0 Å². The molecule has 1 aliphatic heterocycles. The monoisotopic (exact) mass is 273 g/mol. The number of hydrogen-bond acceptors (Lipinski definition) is 3. The van der Waals surface area contributed by atoms with Crippen LogP contribution in [0, 0.1) is 11.3 Å². The van der Waals surface area contributed by atoms with Crippen LogP contribution in [0.15, 0.2) is 27.9 Å². The molecular formula is C17H27N3. The van der Waals surface area contributed by atoms with E-state index < -0.39 is 0 Å². The standard InChI is InChI=1S/C17H27N3/c1-13-4-2-5-15(10-11-18)17(20-12-13)14-6-3-7-16(19)9-8-14/h5,11-13,16,18H,2-4,6-10,19H2,1H3/b15-5-,17-14+,18-11?,20-12?. The summed E-state index contributed by atoms with van der Waals surface area (Å²) in [6, 6.07) is 0.347. The summed E-state index contributed by atoms with van der Waals surface area (Å²) >= 11 is 0. The van der Waals surface area contributed by atoms with Gasteiger partial charge in [-0.3, -0.25) is 4.99 Å². The zero-order valence-corrected chi connectivity index (χ0v) is 12.6. The Morgan fingerprint density at radius 3 is 3.00 bits per heavy atom. The van der Waals surface area contributed by atoms with E-state index in [0.717, 1.165) is 44.2 Å².